The third kappa shape index (κ3) is 3.05. The summed E-state index contributed by atoms with van der Waals surface area (Å²) in [5.74, 6) is 3.33. The molecule has 4 aliphatic carbocycles. The Morgan fingerprint density at radius 2 is 1.93 bits per heavy atom. The third-order valence-electron chi connectivity index (χ3n) is 9.19. The molecular weight excluding hydrogens is 334 g/mol. The van der Waals surface area contributed by atoms with Crippen molar-refractivity contribution in [2.45, 2.75) is 78.1 Å². The predicted octanol–water partition coefficient (Wildman–Crippen LogP) is 4.69. The number of rotatable bonds is 4. The summed E-state index contributed by atoms with van der Waals surface area (Å²) in [6.45, 7) is 5.37. The van der Waals surface area contributed by atoms with Gasteiger partial charge in [-0.2, -0.15) is 0 Å². The topological polar surface area (TPSA) is 60.2 Å². The van der Waals surface area contributed by atoms with Gasteiger partial charge in [-0.1, -0.05) is 26.0 Å². The molecule has 3 heteroatoms. The van der Waals surface area contributed by atoms with Gasteiger partial charge in [-0.15, -0.1) is 0 Å². The van der Waals surface area contributed by atoms with Gasteiger partial charge in [0.15, 0.2) is 0 Å². The summed E-state index contributed by atoms with van der Waals surface area (Å²) in [5.41, 5.74) is 5.62. The quantitative estimate of drug-likeness (QED) is 0.576. The minimum Gasteiger partial charge on any atom is -0.330 e. The largest absolute Gasteiger partial charge is 0.330 e. The normalized spacial score (nSPS) is 47.0. The fraction of sp³-hybridized carbons (Fsp3) is 0.833. The second-order valence-electron chi connectivity index (χ2n) is 10.4. The van der Waals surface area contributed by atoms with Crippen LogP contribution in [0.4, 0.5) is 0 Å². The van der Waals surface area contributed by atoms with Crippen molar-refractivity contribution in [1.82, 2.24) is 0 Å². The molecule has 150 valence electrons. The van der Waals surface area contributed by atoms with Gasteiger partial charge in [0.2, 0.25) is 0 Å². The smallest absolute Gasteiger partial charge is 0.139 e. The van der Waals surface area contributed by atoms with Gasteiger partial charge in [0.1, 0.15) is 11.6 Å². The number of Topliss-reactive ketones (excluding diaryl/α,β-unsaturated/α-hetero) is 2. The van der Waals surface area contributed by atoms with Crippen LogP contribution in [0.5, 0.6) is 0 Å². The van der Waals surface area contributed by atoms with Crippen LogP contribution >= 0.6 is 0 Å². The van der Waals surface area contributed by atoms with Crippen molar-refractivity contribution < 1.29 is 9.59 Å². The molecule has 0 bridgehead atoms. The molecular formula is C24H37NO2. The molecule has 0 saturated heterocycles. The van der Waals surface area contributed by atoms with Gasteiger partial charge in [0, 0.05) is 24.2 Å². The first-order valence-corrected chi connectivity index (χ1v) is 11.3. The van der Waals surface area contributed by atoms with Crippen LogP contribution in [-0.4, -0.2) is 18.1 Å². The maximum atomic E-state index is 13.3. The first kappa shape index (κ1) is 19.4. The Morgan fingerprint density at radius 3 is 2.70 bits per heavy atom. The highest BCUT2D eigenvalue weighted by Gasteiger charge is 2.62. The summed E-state index contributed by atoms with van der Waals surface area (Å²) in [6, 6.07) is 0. The highest BCUT2D eigenvalue weighted by molar-refractivity contribution is 5.88. The van der Waals surface area contributed by atoms with Gasteiger partial charge >= 0.3 is 0 Å². The van der Waals surface area contributed by atoms with E-state index in [4.69, 9.17) is 5.73 Å². The van der Waals surface area contributed by atoms with Gasteiger partial charge in [0.25, 0.3) is 0 Å². The van der Waals surface area contributed by atoms with Crippen LogP contribution in [0.2, 0.25) is 0 Å². The first-order chi connectivity index (χ1) is 12.9. The van der Waals surface area contributed by atoms with Crippen LogP contribution in [0, 0.1) is 40.4 Å². The molecule has 7 atom stereocenters. The van der Waals surface area contributed by atoms with E-state index in [0.29, 0.717) is 35.2 Å². The summed E-state index contributed by atoms with van der Waals surface area (Å²) in [7, 11) is 0. The van der Waals surface area contributed by atoms with Crippen LogP contribution in [-0.2, 0) is 9.59 Å². The average molecular weight is 372 g/mol. The lowest BCUT2D eigenvalue weighted by Gasteiger charge is -2.59. The third-order valence-corrected chi connectivity index (χ3v) is 9.19. The lowest BCUT2D eigenvalue weighted by molar-refractivity contribution is -0.157. The average Bonchev–Trinajstić information content (AvgIpc) is 2.95. The molecule has 4 fully saturated rings. The Morgan fingerprint density at radius 1 is 1.11 bits per heavy atom. The molecule has 27 heavy (non-hydrogen) atoms. The number of carbonyl (C=O) groups is 2. The van der Waals surface area contributed by atoms with E-state index in [1.54, 1.807) is 0 Å². The van der Waals surface area contributed by atoms with Crippen molar-refractivity contribution in [3.05, 3.63) is 12.2 Å². The summed E-state index contributed by atoms with van der Waals surface area (Å²) < 4.78 is 0. The number of hydrogen-bond donors (Lipinski definition) is 1. The number of allylic oxidation sites excluding steroid dienone is 2. The van der Waals surface area contributed by atoms with Gasteiger partial charge in [-0.05, 0) is 87.0 Å². The van der Waals surface area contributed by atoms with Gasteiger partial charge in [0.05, 0.1) is 0 Å². The maximum Gasteiger partial charge on any atom is 0.139 e. The summed E-state index contributed by atoms with van der Waals surface area (Å²) in [6.07, 6.45) is 14.9. The zero-order valence-corrected chi connectivity index (χ0v) is 17.2. The van der Waals surface area contributed by atoms with E-state index in [9.17, 15) is 9.59 Å². The SMILES string of the molecule is C[C@]12CCC(C=CCCCN)C[C@@H]1C(=O)C[C@@H]1[C@@H]2CC[C@]2(C)C(=O)CC[C@@H]12. The monoisotopic (exact) mass is 371 g/mol. The Kier molecular flexibility index (Phi) is 5.12. The molecule has 3 nitrogen and oxygen atoms in total. The summed E-state index contributed by atoms with van der Waals surface area (Å²) in [4.78, 5) is 25.8. The minimum absolute atomic E-state index is 0.131. The number of fused-ring (bicyclic) bond motifs is 5. The number of carbonyl (C=O) groups excluding carboxylic acids is 2. The van der Waals surface area contributed by atoms with Crippen molar-refractivity contribution >= 4 is 11.6 Å². The number of hydrogen-bond acceptors (Lipinski definition) is 3. The van der Waals surface area contributed by atoms with Crippen molar-refractivity contribution in [2.24, 2.45) is 46.2 Å². The second kappa shape index (κ2) is 7.13. The standard InChI is InChI=1S/C24H37NO2/c1-23-11-9-16(6-4-3-5-13-25)14-20(23)21(26)15-17-18-7-8-22(27)24(18,2)12-10-19(17)23/h4,6,16-20H,3,5,7-15,25H2,1-2H3/t16?,17-,18-,19-,20+,23+,24-/m0/s1. The van der Waals surface area contributed by atoms with Gasteiger partial charge < -0.3 is 5.73 Å². The Bertz CT molecular complexity index is 640. The van der Waals surface area contributed by atoms with E-state index in [0.717, 1.165) is 57.9 Å². The minimum atomic E-state index is -0.131. The second-order valence-corrected chi connectivity index (χ2v) is 10.4. The molecule has 4 rings (SSSR count). The zero-order chi connectivity index (χ0) is 19.2. The molecule has 0 radical (unpaired) electrons. The van der Waals surface area contributed by atoms with Crippen LogP contribution < -0.4 is 5.73 Å². The Labute approximate surface area is 164 Å². The fourth-order valence-corrected chi connectivity index (χ4v) is 7.54. The molecule has 4 saturated carbocycles. The molecule has 0 spiro atoms. The molecule has 2 N–H and O–H groups in total. The molecule has 0 aromatic heterocycles. The van der Waals surface area contributed by atoms with Crippen molar-refractivity contribution in [3.8, 4) is 0 Å². The molecule has 0 aromatic carbocycles. The van der Waals surface area contributed by atoms with Crippen molar-refractivity contribution in [2.75, 3.05) is 6.54 Å². The highest BCUT2D eigenvalue weighted by Crippen LogP contribution is 2.65. The number of nitrogens with two attached hydrogens (primary N) is 1. The summed E-state index contributed by atoms with van der Waals surface area (Å²) >= 11 is 0. The highest BCUT2D eigenvalue weighted by atomic mass is 16.1. The van der Waals surface area contributed by atoms with Crippen LogP contribution in [0.25, 0.3) is 0 Å². The van der Waals surface area contributed by atoms with E-state index in [-0.39, 0.29) is 16.7 Å². The van der Waals surface area contributed by atoms with E-state index in [1.165, 1.54) is 12.8 Å². The lowest BCUT2D eigenvalue weighted by Crippen LogP contribution is -2.56. The van der Waals surface area contributed by atoms with E-state index in [1.807, 2.05) is 0 Å². The predicted molar refractivity (Wildman–Crippen MR) is 108 cm³/mol. The van der Waals surface area contributed by atoms with Crippen LogP contribution in [0.1, 0.15) is 78.1 Å². The van der Waals surface area contributed by atoms with Gasteiger partial charge in [-0.25, -0.2) is 0 Å². The van der Waals surface area contributed by atoms with Crippen molar-refractivity contribution in [3.63, 3.8) is 0 Å². The van der Waals surface area contributed by atoms with E-state index in [2.05, 4.69) is 26.0 Å². The number of ketones is 2. The van der Waals surface area contributed by atoms with Crippen LogP contribution in [0.15, 0.2) is 12.2 Å². The molecule has 0 heterocycles. The molecule has 0 aliphatic heterocycles. The maximum absolute atomic E-state index is 13.3. The van der Waals surface area contributed by atoms with Crippen molar-refractivity contribution in [1.29, 1.82) is 0 Å². The fourth-order valence-electron chi connectivity index (χ4n) is 7.54. The molecule has 1 unspecified atom stereocenters. The number of unbranched alkanes of at least 4 members (excludes halogenated alkanes) is 1. The Hall–Kier alpha value is -0.960. The Balaban J connectivity index is 1.52. The lowest BCUT2D eigenvalue weighted by atomic mass is 9.44. The molecule has 0 amide bonds. The molecule has 0 aromatic rings. The summed E-state index contributed by atoms with van der Waals surface area (Å²) in [5, 5.41) is 0. The van der Waals surface area contributed by atoms with E-state index >= 15 is 0 Å². The van der Waals surface area contributed by atoms with E-state index < -0.39 is 0 Å². The van der Waals surface area contributed by atoms with Gasteiger partial charge in [-0.3, -0.25) is 9.59 Å². The van der Waals surface area contributed by atoms with Crippen LogP contribution in [0.3, 0.4) is 0 Å². The first-order valence-electron chi connectivity index (χ1n) is 11.3. The zero-order valence-electron chi connectivity index (χ0n) is 17.2. The molecule has 4 aliphatic rings.